The largest absolute Gasteiger partial charge is 0.489 e. The zero-order chi connectivity index (χ0) is 11.9. The Morgan fingerprint density at radius 2 is 1.89 bits per heavy atom. The second-order valence-corrected chi connectivity index (χ2v) is 4.05. The molecule has 0 atom stereocenters. The molecule has 1 fully saturated rings. The number of ether oxygens (including phenoxy) is 2. The first-order valence-corrected chi connectivity index (χ1v) is 6.08. The van der Waals surface area contributed by atoms with E-state index in [2.05, 4.69) is 22.3 Å². The Morgan fingerprint density at radius 1 is 1.17 bits per heavy atom. The minimum atomic E-state index is 0. The lowest BCUT2D eigenvalue weighted by molar-refractivity contribution is 0.146. The third-order valence-electron chi connectivity index (χ3n) is 2.87. The molecule has 0 aromatic heterocycles. The third kappa shape index (κ3) is 4.05. The van der Waals surface area contributed by atoms with E-state index in [1.54, 1.807) is 7.11 Å². The van der Waals surface area contributed by atoms with E-state index >= 15 is 0 Å². The van der Waals surface area contributed by atoms with Gasteiger partial charge in [-0.05, 0) is 12.1 Å². The predicted octanol–water partition coefficient (Wildman–Crippen LogP) is 1.54. The van der Waals surface area contributed by atoms with Crippen molar-refractivity contribution >= 4 is 18.1 Å². The van der Waals surface area contributed by atoms with Crippen LogP contribution in [-0.2, 0) is 4.74 Å². The van der Waals surface area contributed by atoms with E-state index < -0.39 is 0 Å². The lowest BCUT2D eigenvalue weighted by Crippen LogP contribution is -2.43. The lowest BCUT2D eigenvalue weighted by Gasteiger charge is -2.30. The van der Waals surface area contributed by atoms with Gasteiger partial charge in [0.1, 0.15) is 12.4 Å². The summed E-state index contributed by atoms with van der Waals surface area (Å²) in [5.74, 6) is 0.950. The van der Waals surface area contributed by atoms with Crippen LogP contribution in [0.4, 0.5) is 5.69 Å². The summed E-state index contributed by atoms with van der Waals surface area (Å²) in [6.45, 7) is 5.35. The van der Waals surface area contributed by atoms with Crippen molar-refractivity contribution < 1.29 is 9.47 Å². The van der Waals surface area contributed by atoms with Crippen LogP contribution in [0.2, 0.25) is 0 Å². The van der Waals surface area contributed by atoms with E-state index in [1.165, 1.54) is 5.69 Å². The molecule has 0 aliphatic carbocycles. The maximum atomic E-state index is 5.74. The number of anilines is 1. The summed E-state index contributed by atoms with van der Waals surface area (Å²) >= 11 is 0. The van der Waals surface area contributed by atoms with Gasteiger partial charge < -0.3 is 19.7 Å². The van der Waals surface area contributed by atoms with Gasteiger partial charge in [0.15, 0.2) is 0 Å². The van der Waals surface area contributed by atoms with Gasteiger partial charge in [-0.3, -0.25) is 0 Å². The fourth-order valence-corrected chi connectivity index (χ4v) is 1.98. The van der Waals surface area contributed by atoms with Crippen LogP contribution in [0.15, 0.2) is 24.3 Å². The number of benzene rings is 1. The van der Waals surface area contributed by atoms with Gasteiger partial charge in [-0.15, -0.1) is 12.4 Å². The van der Waals surface area contributed by atoms with Gasteiger partial charge in [-0.1, -0.05) is 12.1 Å². The smallest absolute Gasteiger partial charge is 0.142 e. The predicted molar refractivity (Wildman–Crippen MR) is 76.1 cm³/mol. The fraction of sp³-hybridized carbons (Fsp3) is 0.538. The molecule has 1 aromatic carbocycles. The Bertz CT molecular complexity index is 344. The van der Waals surface area contributed by atoms with E-state index in [4.69, 9.17) is 9.47 Å². The molecule has 5 heteroatoms. The van der Waals surface area contributed by atoms with Crippen LogP contribution in [0.3, 0.4) is 0 Å². The lowest BCUT2D eigenvalue weighted by atomic mass is 10.2. The van der Waals surface area contributed by atoms with Crippen LogP contribution in [-0.4, -0.2) is 46.5 Å². The number of hydrogen-bond donors (Lipinski definition) is 1. The molecule has 1 saturated heterocycles. The summed E-state index contributed by atoms with van der Waals surface area (Å²) in [5.41, 5.74) is 1.19. The molecule has 18 heavy (non-hydrogen) atoms. The molecular weight excluding hydrogens is 252 g/mol. The van der Waals surface area contributed by atoms with Crippen molar-refractivity contribution in [1.29, 1.82) is 0 Å². The number of methoxy groups -OCH3 is 1. The van der Waals surface area contributed by atoms with Crippen molar-refractivity contribution in [3.63, 3.8) is 0 Å². The minimum absolute atomic E-state index is 0. The summed E-state index contributed by atoms with van der Waals surface area (Å²) in [4.78, 5) is 2.36. The van der Waals surface area contributed by atoms with E-state index in [9.17, 15) is 0 Å². The summed E-state index contributed by atoms with van der Waals surface area (Å²) in [6.07, 6.45) is 0. The number of para-hydroxylation sites is 2. The highest BCUT2D eigenvalue weighted by Crippen LogP contribution is 2.27. The fourth-order valence-electron chi connectivity index (χ4n) is 1.98. The van der Waals surface area contributed by atoms with E-state index in [-0.39, 0.29) is 12.4 Å². The molecule has 2 rings (SSSR count). The monoisotopic (exact) mass is 272 g/mol. The first kappa shape index (κ1) is 15.1. The second-order valence-electron chi connectivity index (χ2n) is 4.05. The normalized spacial score (nSPS) is 15.1. The number of halogens is 1. The molecular formula is C13H21ClN2O2. The van der Waals surface area contributed by atoms with Crippen LogP contribution in [0.5, 0.6) is 5.75 Å². The molecule has 1 heterocycles. The van der Waals surface area contributed by atoms with E-state index in [1.807, 2.05) is 12.1 Å². The number of rotatable bonds is 5. The number of piperazine rings is 1. The van der Waals surface area contributed by atoms with Crippen LogP contribution in [0.25, 0.3) is 0 Å². The van der Waals surface area contributed by atoms with Gasteiger partial charge in [0.05, 0.1) is 12.3 Å². The minimum Gasteiger partial charge on any atom is -0.489 e. The Kier molecular flexibility index (Phi) is 6.86. The topological polar surface area (TPSA) is 33.7 Å². The van der Waals surface area contributed by atoms with Crippen molar-refractivity contribution in [3.8, 4) is 5.75 Å². The van der Waals surface area contributed by atoms with Gasteiger partial charge in [-0.2, -0.15) is 0 Å². The van der Waals surface area contributed by atoms with Gasteiger partial charge in [-0.25, -0.2) is 0 Å². The Balaban J connectivity index is 0.00000162. The van der Waals surface area contributed by atoms with Crippen LogP contribution >= 0.6 is 12.4 Å². The van der Waals surface area contributed by atoms with Gasteiger partial charge in [0.25, 0.3) is 0 Å². The van der Waals surface area contributed by atoms with Crippen molar-refractivity contribution in [2.75, 3.05) is 51.4 Å². The zero-order valence-electron chi connectivity index (χ0n) is 10.7. The highest BCUT2D eigenvalue weighted by atomic mass is 35.5. The Hall–Kier alpha value is -0.970. The zero-order valence-corrected chi connectivity index (χ0v) is 11.5. The summed E-state index contributed by atoms with van der Waals surface area (Å²) in [6, 6.07) is 8.20. The van der Waals surface area contributed by atoms with Crippen molar-refractivity contribution in [2.24, 2.45) is 0 Å². The summed E-state index contributed by atoms with van der Waals surface area (Å²) < 4.78 is 10.7. The second kappa shape index (κ2) is 8.19. The van der Waals surface area contributed by atoms with Crippen LogP contribution in [0.1, 0.15) is 0 Å². The average molecular weight is 273 g/mol. The third-order valence-corrected chi connectivity index (χ3v) is 2.87. The molecule has 1 aliphatic heterocycles. The Labute approximate surface area is 115 Å². The standard InChI is InChI=1S/C13H20N2O2.ClH/c1-16-10-11-17-13-5-3-2-4-12(13)15-8-6-14-7-9-15;/h2-5,14H,6-11H2,1H3;1H. The molecule has 0 amide bonds. The van der Waals surface area contributed by atoms with Crippen molar-refractivity contribution in [3.05, 3.63) is 24.3 Å². The average Bonchev–Trinajstić information content (AvgIpc) is 2.41. The summed E-state index contributed by atoms with van der Waals surface area (Å²) in [5, 5.41) is 3.35. The first-order chi connectivity index (χ1) is 8.42. The van der Waals surface area contributed by atoms with Gasteiger partial charge >= 0.3 is 0 Å². The molecule has 1 aliphatic rings. The highest BCUT2D eigenvalue weighted by molar-refractivity contribution is 5.85. The Morgan fingerprint density at radius 3 is 2.61 bits per heavy atom. The van der Waals surface area contributed by atoms with Gasteiger partial charge in [0.2, 0.25) is 0 Å². The van der Waals surface area contributed by atoms with E-state index in [0.29, 0.717) is 13.2 Å². The van der Waals surface area contributed by atoms with Crippen LogP contribution in [0, 0.1) is 0 Å². The first-order valence-electron chi connectivity index (χ1n) is 6.08. The van der Waals surface area contributed by atoms with Crippen LogP contribution < -0.4 is 15.0 Å². The van der Waals surface area contributed by atoms with Crippen molar-refractivity contribution in [2.45, 2.75) is 0 Å². The number of nitrogens with one attached hydrogen (secondary N) is 1. The molecule has 0 bridgehead atoms. The molecule has 0 spiro atoms. The molecule has 4 nitrogen and oxygen atoms in total. The molecule has 0 radical (unpaired) electrons. The molecule has 1 aromatic rings. The highest BCUT2D eigenvalue weighted by Gasteiger charge is 2.14. The SMILES string of the molecule is COCCOc1ccccc1N1CCNCC1.Cl. The number of nitrogens with zero attached hydrogens (tertiary/aromatic N) is 1. The van der Waals surface area contributed by atoms with E-state index in [0.717, 1.165) is 31.9 Å². The van der Waals surface area contributed by atoms with Crippen molar-refractivity contribution in [1.82, 2.24) is 5.32 Å². The molecule has 1 N–H and O–H groups in total. The quantitative estimate of drug-likeness (QED) is 0.825. The molecule has 102 valence electrons. The maximum absolute atomic E-state index is 5.74. The summed E-state index contributed by atoms with van der Waals surface area (Å²) in [7, 11) is 1.69. The molecule has 0 saturated carbocycles. The van der Waals surface area contributed by atoms with Gasteiger partial charge in [0, 0.05) is 33.3 Å². The molecule has 0 unspecified atom stereocenters. The maximum Gasteiger partial charge on any atom is 0.142 e. The number of hydrogen-bond acceptors (Lipinski definition) is 4.